The van der Waals surface area contributed by atoms with Gasteiger partial charge in [0, 0.05) is 0 Å². The minimum atomic E-state index is -0.263. The maximum atomic E-state index is 13.0. The van der Waals surface area contributed by atoms with Crippen LogP contribution in [0.15, 0.2) is 12.1 Å². The molecule has 0 fully saturated rings. The smallest absolute Gasteiger partial charge is 0.338 e. The molecule has 0 saturated carbocycles. The molecule has 0 heterocycles. The second kappa shape index (κ2) is 12.4. The molecule has 0 aromatic heterocycles. The molecule has 30 heavy (non-hydrogen) atoms. The second-order valence-electron chi connectivity index (χ2n) is 10.7. The van der Waals surface area contributed by atoms with Gasteiger partial charge >= 0.3 is 5.97 Å². The first kappa shape index (κ1) is 26.5. The number of benzene rings is 1. The van der Waals surface area contributed by atoms with E-state index in [0.29, 0.717) is 12.2 Å². The Morgan fingerprint density at radius 1 is 0.767 bits per heavy atom. The zero-order chi connectivity index (χ0) is 22.8. The quantitative estimate of drug-likeness (QED) is 0.276. The number of hydrogen-bond acceptors (Lipinski definition) is 3. The highest BCUT2D eigenvalue weighted by Crippen LogP contribution is 2.37. The average molecular weight is 419 g/mol. The van der Waals surface area contributed by atoms with Crippen LogP contribution in [-0.2, 0) is 15.6 Å². The van der Waals surface area contributed by atoms with Gasteiger partial charge in [-0.05, 0) is 40.5 Å². The summed E-state index contributed by atoms with van der Waals surface area (Å²) in [4.78, 5) is 13.0. The first-order valence-corrected chi connectivity index (χ1v) is 12.0. The van der Waals surface area contributed by atoms with Gasteiger partial charge in [0.05, 0.1) is 12.2 Å². The lowest BCUT2D eigenvalue weighted by atomic mass is 9.76. The van der Waals surface area contributed by atoms with Crippen molar-refractivity contribution in [3.8, 4) is 5.75 Å². The first-order chi connectivity index (χ1) is 14.0. The molecule has 1 aromatic carbocycles. The van der Waals surface area contributed by atoms with E-state index in [9.17, 15) is 9.90 Å². The standard InChI is InChI=1S/C27H46O3/c1-8-9-10-11-12-13-14-15-16-17-18-30-25(29)24-22(26(2,3)4)19-21(28)20-23(24)27(5,6)7/h19-20,28H,8-18H2,1-7H3. The number of unbranched alkanes of at least 4 members (excludes halogenated alkanes) is 9. The SMILES string of the molecule is CCCCCCCCCCCCOC(=O)c1c(C(C)(C)C)cc(O)cc1C(C)(C)C. The van der Waals surface area contributed by atoms with Crippen molar-refractivity contribution in [2.24, 2.45) is 0 Å². The summed E-state index contributed by atoms with van der Waals surface area (Å²) in [5.41, 5.74) is 1.80. The van der Waals surface area contributed by atoms with Gasteiger partial charge < -0.3 is 9.84 Å². The van der Waals surface area contributed by atoms with Crippen molar-refractivity contribution in [1.29, 1.82) is 0 Å². The maximum absolute atomic E-state index is 13.0. The van der Waals surface area contributed by atoms with Crippen LogP contribution in [0.25, 0.3) is 0 Å². The van der Waals surface area contributed by atoms with Crippen molar-refractivity contribution in [3.63, 3.8) is 0 Å². The van der Waals surface area contributed by atoms with E-state index in [2.05, 4.69) is 48.5 Å². The van der Waals surface area contributed by atoms with Gasteiger partial charge in [-0.1, -0.05) is 106 Å². The van der Waals surface area contributed by atoms with Gasteiger partial charge in [-0.3, -0.25) is 0 Å². The highest BCUT2D eigenvalue weighted by molar-refractivity contribution is 5.94. The van der Waals surface area contributed by atoms with Crippen molar-refractivity contribution in [2.45, 2.75) is 124 Å². The van der Waals surface area contributed by atoms with Crippen LogP contribution in [0.5, 0.6) is 5.75 Å². The largest absolute Gasteiger partial charge is 0.508 e. The third-order valence-electron chi connectivity index (χ3n) is 5.67. The van der Waals surface area contributed by atoms with Crippen LogP contribution < -0.4 is 0 Å². The number of esters is 1. The molecule has 0 radical (unpaired) electrons. The fraction of sp³-hybridized carbons (Fsp3) is 0.741. The predicted molar refractivity (Wildman–Crippen MR) is 128 cm³/mol. The van der Waals surface area contributed by atoms with E-state index in [-0.39, 0.29) is 22.5 Å². The Morgan fingerprint density at radius 2 is 1.17 bits per heavy atom. The van der Waals surface area contributed by atoms with E-state index >= 15 is 0 Å². The monoisotopic (exact) mass is 418 g/mol. The number of phenols is 1. The molecule has 0 aliphatic heterocycles. The van der Waals surface area contributed by atoms with E-state index in [4.69, 9.17) is 4.74 Å². The third-order valence-corrected chi connectivity index (χ3v) is 5.67. The van der Waals surface area contributed by atoms with Crippen molar-refractivity contribution in [3.05, 3.63) is 28.8 Å². The van der Waals surface area contributed by atoms with Crippen molar-refractivity contribution < 1.29 is 14.6 Å². The van der Waals surface area contributed by atoms with E-state index in [1.54, 1.807) is 12.1 Å². The van der Waals surface area contributed by atoms with Crippen LogP contribution in [-0.4, -0.2) is 17.7 Å². The first-order valence-electron chi connectivity index (χ1n) is 12.0. The molecule has 0 atom stereocenters. The molecule has 0 aliphatic carbocycles. The lowest BCUT2D eigenvalue weighted by molar-refractivity contribution is 0.0492. The number of phenolic OH excluding ortho intramolecular Hbond substituents is 1. The zero-order valence-electron chi connectivity index (χ0n) is 20.7. The Hall–Kier alpha value is -1.51. The zero-order valence-corrected chi connectivity index (χ0v) is 20.7. The summed E-state index contributed by atoms with van der Waals surface area (Å²) >= 11 is 0. The molecule has 3 nitrogen and oxygen atoms in total. The van der Waals surface area contributed by atoms with Gasteiger partial charge in [0.2, 0.25) is 0 Å². The minimum absolute atomic E-state index is 0.205. The van der Waals surface area contributed by atoms with Gasteiger partial charge in [-0.2, -0.15) is 0 Å². The van der Waals surface area contributed by atoms with E-state index in [1.807, 2.05) is 0 Å². The summed E-state index contributed by atoms with van der Waals surface area (Å²) < 4.78 is 5.69. The average Bonchev–Trinajstić information content (AvgIpc) is 2.63. The van der Waals surface area contributed by atoms with Gasteiger partial charge in [0.15, 0.2) is 0 Å². The highest BCUT2D eigenvalue weighted by Gasteiger charge is 2.31. The van der Waals surface area contributed by atoms with Crippen LogP contribution in [0.2, 0.25) is 0 Å². The van der Waals surface area contributed by atoms with Gasteiger partial charge in [-0.15, -0.1) is 0 Å². The fourth-order valence-corrected chi connectivity index (χ4v) is 3.86. The summed E-state index contributed by atoms with van der Waals surface area (Å²) in [5, 5.41) is 10.3. The van der Waals surface area contributed by atoms with Crippen LogP contribution >= 0.6 is 0 Å². The van der Waals surface area contributed by atoms with E-state index < -0.39 is 0 Å². The molecule has 0 spiro atoms. The Morgan fingerprint density at radius 3 is 1.57 bits per heavy atom. The molecule has 1 N–H and O–H groups in total. The van der Waals surface area contributed by atoms with Gasteiger partial charge in [-0.25, -0.2) is 4.79 Å². The van der Waals surface area contributed by atoms with Crippen LogP contribution in [0.1, 0.15) is 134 Å². The Kier molecular flexibility index (Phi) is 10.9. The van der Waals surface area contributed by atoms with Crippen molar-refractivity contribution in [1.82, 2.24) is 0 Å². The summed E-state index contributed by atoms with van der Waals surface area (Å²) in [6.07, 6.45) is 12.6. The molecule has 172 valence electrons. The summed E-state index contributed by atoms with van der Waals surface area (Å²) in [6, 6.07) is 3.43. The van der Waals surface area contributed by atoms with Crippen LogP contribution in [0.4, 0.5) is 0 Å². The number of aromatic hydroxyl groups is 1. The fourth-order valence-electron chi connectivity index (χ4n) is 3.86. The molecule has 0 bridgehead atoms. The molecular weight excluding hydrogens is 372 g/mol. The number of carbonyl (C=O) groups excluding carboxylic acids is 1. The molecule has 3 heteroatoms. The molecular formula is C27H46O3. The second-order valence-corrected chi connectivity index (χ2v) is 10.7. The minimum Gasteiger partial charge on any atom is -0.508 e. The molecule has 1 rings (SSSR count). The highest BCUT2D eigenvalue weighted by atomic mass is 16.5. The maximum Gasteiger partial charge on any atom is 0.338 e. The number of hydrogen-bond donors (Lipinski definition) is 1. The summed E-state index contributed by atoms with van der Waals surface area (Å²) in [6.45, 7) is 15.1. The van der Waals surface area contributed by atoms with Crippen LogP contribution in [0, 0.1) is 0 Å². The van der Waals surface area contributed by atoms with Gasteiger partial charge in [0.25, 0.3) is 0 Å². The third kappa shape index (κ3) is 9.10. The van der Waals surface area contributed by atoms with Gasteiger partial charge in [0.1, 0.15) is 5.75 Å². The molecule has 0 saturated heterocycles. The van der Waals surface area contributed by atoms with Crippen LogP contribution in [0.3, 0.4) is 0 Å². The topological polar surface area (TPSA) is 46.5 Å². The Bertz CT molecular complexity index is 612. The molecule has 0 unspecified atom stereocenters. The molecule has 1 aromatic rings. The van der Waals surface area contributed by atoms with E-state index in [1.165, 1.54) is 51.4 Å². The predicted octanol–water partition coefficient (Wildman–Crippen LogP) is 8.06. The number of ether oxygens (including phenoxy) is 1. The number of carbonyl (C=O) groups is 1. The van der Waals surface area contributed by atoms with E-state index in [0.717, 1.165) is 24.0 Å². The Labute approximate surface area is 185 Å². The van der Waals surface area contributed by atoms with Crippen molar-refractivity contribution in [2.75, 3.05) is 6.61 Å². The summed E-state index contributed by atoms with van der Waals surface area (Å²) in [5.74, 6) is -0.0585. The number of rotatable bonds is 12. The van der Waals surface area contributed by atoms with Crippen molar-refractivity contribution >= 4 is 5.97 Å². The lowest BCUT2D eigenvalue weighted by Gasteiger charge is -2.29. The summed E-state index contributed by atoms with van der Waals surface area (Å²) in [7, 11) is 0. The normalized spacial score (nSPS) is 12.2. The lowest BCUT2D eigenvalue weighted by Crippen LogP contribution is -2.25. The molecule has 0 amide bonds. The molecule has 0 aliphatic rings. The Balaban J connectivity index is 2.59.